The number of carboxylic acids is 1. The van der Waals surface area contributed by atoms with Gasteiger partial charge in [-0.05, 0) is 74.9 Å². The molecule has 1 heterocycles. The lowest BCUT2D eigenvalue weighted by molar-refractivity contribution is -0.140. The molecule has 0 spiro atoms. The molecule has 40 heavy (non-hydrogen) atoms. The van der Waals surface area contributed by atoms with E-state index in [4.69, 9.17) is 4.74 Å². The second kappa shape index (κ2) is 11.1. The molecule has 1 aromatic heterocycles. The molecule has 0 saturated carbocycles. The third kappa shape index (κ3) is 6.90. The monoisotopic (exact) mass is 582 g/mol. The van der Waals surface area contributed by atoms with Gasteiger partial charge >= 0.3 is 18.3 Å². The van der Waals surface area contributed by atoms with E-state index in [2.05, 4.69) is 5.10 Å². The van der Waals surface area contributed by atoms with E-state index in [0.717, 1.165) is 23.9 Å². The lowest BCUT2D eigenvalue weighted by Gasteiger charge is -2.22. The van der Waals surface area contributed by atoms with Crippen molar-refractivity contribution >= 4 is 28.6 Å². The zero-order valence-corrected chi connectivity index (χ0v) is 22.1. The van der Waals surface area contributed by atoms with Crippen molar-refractivity contribution in [1.29, 1.82) is 0 Å². The molecule has 0 aliphatic rings. The highest BCUT2D eigenvalue weighted by molar-refractivity contribution is 8.01. The fraction of sp³-hybridized carbons (Fsp3) is 0.286. The number of fused-ring (bicyclic) bond motifs is 1. The molecule has 4 rings (SSSR count). The Bertz CT molecular complexity index is 1480. The van der Waals surface area contributed by atoms with Crippen LogP contribution < -0.4 is 4.74 Å². The number of aromatic nitrogens is 2. The minimum atomic E-state index is -4.50. The number of rotatable bonds is 9. The van der Waals surface area contributed by atoms with Crippen molar-refractivity contribution in [3.05, 3.63) is 84.1 Å². The van der Waals surface area contributed by atoms with Gasteiger partial charge in [-0.1, -0.05) is 12.1 Å². The third-order valence-electron chi connectivity index (χ3n) is 6.11. The van der Waals surface area contributed by atoms with Gasteiger partial charge in [-0.15, -0.1) is 11.8 Å². The number of halogens is 6. The molecule has 1 atom stereocenters. The summed E-state index contributed by atoms with van der Waals surface area (Å²) in [7, 11) is 0. The highest BCUT2D eigenvalue weighted by Crippen LogP contribution is 2.37. The fourth-order valence-electron chi connectivity index (χ4n) is 4.01. The summed E-state index contributed by atoms with van der Waals surface area (Å²) in [6, 6.07) is 15.7. The van der Waals surface area contributed by atoms with Gasteiger partial charge in [0, 0.05) is 22.3 Å². The summed E-state index contributed by atoms with van der Waals surface area (Å²) in [5, 5.41) is 14.1. The molecule has 3 aromatic carbocycles. The number of thioether (sulfide) groups is 1. The van der Waals surface area contributed by atoms with E-state index in [-0.39, 0.29) is 5.75 Å². The zero-order valence-electron chi connectivity index (χ0n) is 21.3. The van der Waals surface area contributed by atoms with Crippen LogP contribution in [0.1, 0.15) is 43.9 Å². The number of carboxylic acid groups (broad SMARTS) is 1. The Morgan fingerprint density at radius 2 is 1.62 bits per heavy atom. The predicted molar refractivity (Wildman–Crippen MR) is 139 cm³/mol. The van der Waals surface area contributed by atoms with Crippen molar-refractivity contribution < 1.29 is 41.0 Å². The molecule has 0 fully saturated rings. The Kier molecular flexibility index (Phi) is 8.11. The van der Waals surface area contributed by atoms with Gasteiger partial charge < -0.3 is 9.84 Å². The van der Waals surface area contributed by atoms with Crippen LogP contribution in [0.15, 0.2) is 77.8 Å². The standard InChI is InChI=1S/C28H24F6N2O3S/c1-26(2,25(37)38)40-20-12-10-19(11-13-20)39-24(14-15-27(29,30)31)21-4-3-5-23-22(21)16-35-36(23)18-8-6-17(7-9-18)28(32,33)34/h3-13,16,24H,14-15H2,1-2H3,(H,37,38). The number of alkyl halides is 6. The summed E-state index contributed by atoms with van der Waals surface area (Å²) in [6.45, 7) is 3.12. The smallest absolute Gasteiger partial charge is 0.416 e. The summed E-state index contributed by atoms with van der Waals surface area (Å²) in [4.78, 5) is 12.1. The molecule has 212 valence electrons. The van der Waals surface area contributed by atoms with Crippen LogP contribution in [0.4, 0.5) is 26.3 Å². The van der Waals surface area contributed by atoms with Crippen molar-refractivity contribution in [2.45, 2.75) is 54.8 Å². The molecule has 0 radical (unpaired) electrons. The first-order chi connectivity index (χ1) is 18.6. The van der Waals surface area contributed by atoms with Crippen LogP contribution in [0, 0.1) is 0 Å². The van der Waals surface area contributed by atoms with E-state index >= 15 is 0 Å². The highest BCUT2D eigenvalue weighted by atomic mass is 32.2. The van der Waals surface area contributed by atoms with E-state index in [1.165, 1.54) is 23.0 Å². The van der Waals surface area contributed by atoms with Gasteiger partial charge in [0.25, 0.3) is 0 Å². The second-order valence-electron chi connectivity index (χ2n) is 9.53. The second-order valence-corrected chi connectivity index (χ2v) is 11.2. The quantitative estimate of drug-likeness (QED) is 0.158. The van der Waals surface area contributed by atoms with Crippen LogP contribution in [0.3, 0.4) is 0 Å². The molecule has 1 unspecified atom stereocenters. The Morgan fingerprint density at radius 1 is 0.975 bits per heavy atom. The van der Waals surface area contributed by atoms with Gasteiger partial charge in [0.1, 0.15) is 16.6 Å². The lowest BCUT2D eigenvalue weighted by atomic mass is 10.0. The largest absolute Gasteiger partial charge is 0.486 e. The van der Waals surface area contributed by atoms with Crippen molar-refractivity contribution in [2.24, 2.45) is 0 Å². The van der Waals surface area contributed by atoms with Crippen LogP contribution in [0.2, 0.25) is 0 Å². The number of carbonyl (C=O) groups is 1. The zero-order chi connectivity index (χ0) is 29.3. The Labute approximate surface area is 229 Å². The number of nitrogens with zero attached hydrogens (tertiary/aromatic N) is 2. The summed E-state index contributed by atoms with van der Waals surface area (Å²) >= 11 is 1.12. The summed E-state index contributed by atoms with van der Waals surface area (Å²) in [6.07, 6.45) is -10.0. The van der Waals surface area contributed by atoms with Crippen LogP contribution in [0.5, 0.6) is 5.75 Å². The first-order valence-corrected chi connectivity index (χ1v) is 12.9. The van der Waals surface area contributed by atoms with Gasteiger partial charge in [0.15, 0.2) is 0 Å². The highest BCUT2D eigenvalue weighted by Gasteiger charge is 2.32. The van der Waals surface area contributed by atoms with Gasteiger partial charge in [0.05, 0.1) is 23.0 Å². The molecular formula is C28H24F6N2O3S. The first kappa shape index (κ1) is 29.3. The van der Waals surface area contributed by atoms with Gasteiger partial charge in [0.2, 0.25) is 0 Å². The van der Waals surface area contributed by atoms with Crippen molar-refractivity contribution in [2.75, 3.05) is 0 Å². The number of ether oxygens (including phenoxy) is 1. The third-order valence-corrected chi connectivity index (χ3v) is 7.31. The van der Waals surface area contributed by atoms with Crippen molar-refractivity contribution in [3.8, 4) is 11.4 Å². The average Bonchev–Trinajstić information content (AvgIpc) is 3.31. The fourth-order valence-corrected chi connectivity index (χ4v) is 4.96. The SMILES string of the molecule is CC(C)(Sc1ccc(OC(CCC(F)(F)F)c2cccc3c2cnn3-c2ccc(C(F)(F)F)cc2)cc1)C(=O)O. The molecule has 4 aromatic rings. The van der Waals surface area contributed by atoms with Crippen LogP contribution in [-0.2, 0) is 11.0 Å². The molecule has 12 heteroatoms. The first-order valence-electron chi connectivity index (χ1n) is 12.0. The minimum absolute atomic E-state index is 0.289. The lowest BCUT2D eigenvalue weighted by Crippen LogP contribution is -2.26. The van der Waals surface area contributed by atoms with Gasteiger partial charge in [-0.2, -0.15) is 31.4 Å². The Morgan fingerprint density at radius 3 is 2.20 bits per heavy atom. The van der Waals surface area contributed by atoms with E-state index in [1.54, 1.807) is 56.3 Å². The molecule has 0 aliphatic heterocycles. The minimum Gasteiger partial charge on any atom is -0.486 e. The van der Waals surface area contributed by atoms with Crippen LogP contribution in [-0.4, -0.2) is 31.8 Å². The maximum Gasteiger partial charge on any atom is 0.416 e. The van der Waals surface area contributed by atoms with Gasteiger partial charge in [-0.3, -0.25) is 4.79 Å². The predicted octanol–water partition coefficient (Wildman–Crippen LogP) is 8.46. The summed E-state index contributed by atoms with van der Waals surface area (Å²) in [5.74, 6) is -0.702. The van der Waals surface area contributed by atoms with Crippen LogP contribution in [0.25, 0.3) is 16.6 Å². The van der Waals surface area contributed by atoms with Crippen molar-refractivity contribution in [3.63, 3.8) is 0 Å². The number of aliphatic carboxylic acids is 1. The van der Waals surface area contributed by atoms with E-state index < -0.39 is 47.6 Å². The maximum atomic E-state index is 13.2. The Balaban J connectivity index is 1.65. The number of benzene rings is 3. The van der Waals surface area contributed by atoms with Crippen molar-refractivity contribution in [1.82, 2.24) is 9.78 Å². The molecule has 1 N–H and O–H groups in total. The topological polar surface area (TPSA) is 64.4 Å². The normalized spacial score (nSPS) is 13.4. The number of hydrogen-bond donors (Lipinski definition) is 1. The molecule has 0 bridgehead atoms. The van der Waals surface area contributed by atoms with Gasteiger partial charge in [-0.25, -0.2) is 4.68 Å². The molecule has 0 saturated heterocycles. The summed E-state index contributed by atoms with van der Waals surface area (Å²) in [5.41, 5.74) is 0.459. The van der Waals surface area contributed by atoms with E-state index in [0.29, 0.717) is 27.0 Å². The molecule has 5 nitrogen and oxygen atoms in total. The van der Waals surface area contributed by atoms with E-state index in [9.17, 15) is 36.2 Å². The molecule has 0 aliphatic carbocycles. The molecular weight excluding hydrogens is 558 g/mol. The van der Waals surface area contributed by atoms with Crippen LogP contribution >= 0.6 is 11.8 Å². The number of hydrogen-bond acceptors (Lipinski definition) is 4. The summed E-state index contributed by atoms with van der Waals surface area (Å²) < 4.78 is 84.9. The maximum absolute atomic E-state index is 13.2. The van der Waals surface area contributed by atoms with E-state index in [1.807, 2.05) is 0 Å². The Hall–Kier alpha value is -3.67. The molecule has 0 amide bonds. The average molecular weight is 583 g/mol.